The number of sulfonamides is 1. The SMILES string of the molecule is CCC(C)NC(=O)C(Cc1ccccc1)N(Cc1cccc(Cl)c1)C(=O)CN(c1ccccc1Cl)S(=O)(=O)c1ccc(C)cc1. The summed E-state index contributed by atoms with van der Waals surface area (Å²) < 4.78 is 29.3. The summed E-state index contributed by atoms with van der Waals surface area (Å²) in [6, 6.07) is 28.2. The normalized spacial score (nSPS) is 12.6. The fourth-order valence-electron chi connectivity index (χ4n) is 4.83. The van der Waals surface area contributed by atoms with E-state index in [0.717, 1.165) is 15.4 Å². The van der Waals surface area contributed by atoms with Crippen molar-refractivity contribution in [3.8, 4) is 0 Å². The number of nitrogens with one attached hydrogen (secondary N) is 1. The summed E-state index contributed by atoms with van der Waals surface area (Å²) in [6.07, 6.45) is 0.910. The Morgan fingerprint density at radius 2 is 1.49 bits per heavy atom. The predicted octanol–water partition coefficient (Wildman–Crippen LogP) is 7.05. The molecule has 236 valence electrons. The minimum Gasteiger partial charge on any atom is -0.352 e. The highest BCUT2D eigenvalue weighted by atomic mass is 35.5. The van der Waals surface area contributed by atoms with Gasteiger partial charge in [0.25, 0.3) is 10.0 Å². The number of rotatable bonds is 13. The van der Waals surface area contributed by atoms with Gasteiger partial charge in [0.1, 0.15) is 12.6 Å². The lowest BCUT2D eigenvalue weighted by molar-refractivity contribution is -0.140. The fraction of sp³-hybridized carbons (Fsp3) is 0.257. The molecule has 0 saturated carbocycles. The van der Waals surface area contributed by atoms with Gasteiger partial charge in [-0.3, -0.25) is 13.9 Å². The van der Waals surface area contributed by atoms with E-state index in [4.69, 9.17) is 23.2 Å². The molecule has 10 heteroatoms. The van der Waals surface area contributed by atoms with Crippen LogP contribution < -0.4 is 9.62 Å². The van der Waals surface area contributed by atoms with Crippen molar-refractivity contribution in [1.29, 1.82) is 0 Å². The van der Waals surface area contributed by atoms with E-state index in [-0.39, 0.29) is 40.5 Å². The largest absolute Gasteiger partial charge is 0.352 e. The van der Waals surface area contributed by atoms with Crippen LogP contribution in [0.25, 0.3) is 0 Å². The average molecular weight is 667 g/mol. The van der Waals surface area contributed by atoms with Crippen molar-refractivity contribution >= 4 is 50.7 Å². The summed E-state index contributed by atoms with van der Waals surface area (Å²) >= 11 is 12.8. The zero-order chi connectivity index (χ0) is 32.6. The molecule has 4 aromatic carbocycles. The molecule has 1 N–H and O–H groups in total. The third-order valence-electron chi connectivity index (χ3n) is 7.52. The highest BCUT2D eigenvalue weighted by Gasteiger charge is 2.35. The van der Waals surface area contributed by atoms with Crippen molar-refractivity contribution in [3.05, 3.63) is 130 Å². The number of nitrogens with zero attached hydrogens (tertiary/aromatic N) is 2. The zero-order valence-corrected chi connectivity index (χ0v) is 27.8. The van der Waals surface area contributed by atoms with Crippen LogP contribution >= 0.6 is 23.2 Å². The lowest BCUT2D eigenvalue weighted by Gasteiger charge is -2.34. The first-order chi connectivity index (χ1) is 21.5. The molecule has 0 aliphatic heterocycles. The topological polar surface area (TPSA) is 86.8 Å². The van der Waals surface area contributed by atoms with Crippen molar-refractivity contribution in [2.75, 3.05) is 10.8 Å². The maximum atomic E-state index is 14.5. The van der Waals surface area contributed by atoms with Gasteiger partial charge in [0.2, 0.25) is 11.8 Å². The van der Waals surface area contributed by atoms with Gasteiger partial charge in [-0.2, -0.15) is 0 Å². The lowest BCUT2D eigenvalue weighted by Crippen LogP contribution is -2.54. The second-order valence-electron chi connectivity index (χ2n) is 11.0. The molecule has 2 unspecified atom stereocenters. The second-order valence-corrected chi connectivity index (χ2v) is 13.7. The van der Waals surface area contributed by atoms with Crippen molar-refractivity contribution in [2.45, 2.75) is 57.1 Å². The summed E-state index contributed by atoms with van der Waals surface area (Å²) in [5.41, 5.74) is 2.58. The molecule has 2 amide bonds. The maximum Gasteiger partial charge on any atom is 0.264 e. The van der Waals surface area contributed by atoms with E-state index in [1.54, 1.807) is 54.6 Å². The van der Waals surface area contributed by atoms with Crippen LogP contribution in [0.4, 0.5) is 5.69 Å². The third kappa shape index (κ3) is 8.87. The maximum absolute atomic E-state index is 14.5. The number of aryl methyl sites for hydroxylation is 1. The number of carbonyl (C=O) groups is 2. The van der Waals surface area contributed by atoms with E-state index in [1.807, 2.05) is 57.2 Å². The van der Waals surface area contributed by atoms with E-state index in [9.17, 15) is 18.0 Å². The van der Waals surface area contributed by atoms with Gasteiger partial charge in [-0.05, 0) is 67.8 Å². The lowest BCUT2D eigenvalue weighted by atomic mass is 10.0. The molecule has 0 heterocycles. The van der Waals surface area contributed by atoms with Gasteiger partial charge >= 0.3 is 0 Å². The summed E-state index contributed by atoms with van der Waals surface area (Å²) in [6.45, 7) is 5.14. The molecule has 0 spiro atoms. The van der Waals surface area contributed by atoms with Gasteiger partial charge in [-0.15, -0.1) is 0 Å². The Balaban J connectivity index is 1.82. The second kappa shape index (κ2) is 15.4. The molecule has 0 saturated heterocycles. The standard InChI is InChI=1S/C35H37Cl2N3O4S/c1-4-26(3)38-35(42)33(22-27-11-6-5-7-12-27)39(23-28-13-10-14-29(36)21-28)34(41)24-40(32-16-9-8-15-31(32)37)45(43,44)30-19-17-25(2)18-20-30/h5-21,26,33H,4,22-24H2,1-3H3,(H,38,42). The molecule has 0 aliphatic rings. The molecular weight excluding hydrogens is 629 g/mol. The number of hydrogen-bond acceptors (Lipinski definition) is 4. The summed E-state index contributed by atoms with van der Waals surface area (Å²) in [5.74, 6) is -0.917. The Morgan fingerprint density at radius 3 is 2.13 bits per heavy atom. The minimum absolute atomic E-state index is 0.0116. The number of carbonyl (C=O) groups excluding carboxylic acids is 2. The quantitative estimate of drug-likeness (QED) is 0.166. The van der Waals surface area contributed by atoms with Crippen LogP contribution in [0.2, 0.25) is 10.0 Å². The molecule has 2 atom stereocenters. The minimum atomic E-state index is -4.25. The zero-order valence-electron chi connectivity index (χ0n) is 25.5. The van der Waals surface area contributed by atoms with Crippen LogP contribution in [0.5, 0.6) is 0 Å². The number of amides is 2. The van der Waals surface area contributed by atoms with Crippen molar-refractivity contribution in [2.24, 2.45) is 0 Å². The van der Waals surface area contributed by atoms with Crippen LogP contribution in [0.3, 0.4) is 0 Å². The van der Waals surface area contributed by atoms with E-state index in [1.165, 1.54) is 17.0 Å². The smallest absolute Gasteiger partial charge is 0.264 e. The molecule has 0 fully saturated rings. The van der Waals surface area contributed by atoms with Gasteiger partial charge in [0.15, 0.2) is 0 Å². The Morgan fingerprint density at radius 1 is 0.844 bits per heavy atom. The van der Waals surface area contributed by atoms with E-state index in [2.05, 4.69) is 5.32 Å². The van der Waals surface area contributed by atoms with Crippen LogP contribution in [0.1, 0.15) is 37.0 Å². The number of benzene rings is 4. The molecular formula is C35H37Cl2N3O4S. The van der Waals surface area contributed by atoms with Gasteiger partial charge in [0.05, 0.1) is 15.6 Å². The van der Waals surface area contributed by atoms with E-state index in [0.29, 0.717) is 17.0 Å². The summed E-state index contributed by atoms with van der Waals surface area (Å²) in [7, 11) is -4.25. The Kier molecular flexibility index (Phi) is 11.7. The first-order valence-corrected chi connectivity index (χ1v) is 16.9. The molecule has 4 aromatic rings. The van der Waals surface area contributed by atoms with Crippen molar-refractivity contribution < 1.29 is 18.0 Å². The van der Waals surface area contributed by atoms with E-state index < -0.39 is 28.5 Å². The first kappa shape index (κ1) is 34.0. The van der Waals surface area contributed by atoms with Gasteiger partial charge in [-0.1, -0.05) is 102 Å². The van der Waals surface area contributed by atoms with Crippen molar-refractivity contribution in [3.63, 3.8) is 0 Å². The number of halogens is 2. The molecule has 0 radical (unpaired) electrons. The Labute approximate surface area is 275 Å². The Hall–Kier alpha value is -3.85. The fourth-order valence-corrected chi connectivity index (χ4v) is 6.77. The Bertz CT molecular complexity index is 1720. The molecule has 4 rings (SSSR count). The molecule has 0 aromatic heterocycles. The van der Waals surface area contributed by atoms with Crippen LogP contribution in [0, 0.1) is 6.92 Å². The highest BCUT2D eigenvalue weighted by molar-refractivity contribution is 7.92. The molecule has 0 bridgehead atoms. The monoisotopic (exact) mass is 665 g/mol. The van der Waals surface area contributed by atoms with Crippen LogP contribution in [-0.2, 0) is 32.6 Å². The average Bonchev–Trinajstić information content (AvgIpc) is 3.02. The molecule has 0 aliphatic carbocycles. The first-order valence-electron chi connectivity index (χ1n) is 14.7. The number of para-hydroxylation sites is 1. The van der Waals surface area contributed by atoms with Gasteiger partial charge in [-0.25, -0.2) is 8.42 Å². The number of anilines is 1. The summed E-state index contributed by atoms with van der Waals surface area (Å²) in [5, 5.41) is 3.67. The third-order valence-corrected chi connectivity index (χ3v) is 9.85. The van der Waals surface area contributed by atoms with Gasteiger partial charge in [0, 0.05) is 24.0 Å². The molecule has 45 heavy (non-hydrogen) atoms. The molecule has 7 nitrogen and oxygen atoms in total. The van der Waals surface area contributed by atoms with Crippen LogP contribution in [0.15, 0.2) is 108 Å². The predicted molar refractivity (Wildman–Crippen MR) is 181 cm³/mol. The van der Waals surface area contributed by atoms with Crippen molar-refractivity contribution in [1.82, 2.24) is 10.2 Å². The summed E-state index contributed by atoms with van der Waals surface area (Å²) in [4.78, 5) is 29.9. The number of hydrogen-bond donors (Lipinski definition) is 1. The van der Waals surface area contributed by atoms with Gasteiger partial charge < -0.3 is 10.2 Å². The van der Waals surface area contributed by atoms with Crippen LogP contribution in [-0.4, -0.2) is 43.8 Å². The van der Waals surface area contributed by atoms with E-state index >= 15 is 0 Å². The highest BCUT2D eigenvalue weighted by Crippen LogP contribution is 2.31.